The summed E-state index contributed by atoms with van der Waals surface area (Å²) in [6.07, 6.45) is 3.89. The van der Waals surface area contributed by atoms with Gasteiger partial charge in [0.05, 0.1) is 36.0 Å². The fraction of sp³-hybridized carbons (Fsp3) is 0.412. The van der Waals surface area contributed by atoms with Crippen LogP contribution in [0.2, 0.25) is 0 Å². The zero-order valence-corrected chi connectivity index (χ0v) is 27.1. The largest absolute Gasteiger partial charge is 0.481 e. The number of benzene rings is 2. The Morgan fingerprint density at radius 3 is 2.55 bits per heavy atom. The highest BCUT2D eigenvalue weighted by atomic mass is 16.5. The lowest BCUT2D eigenvalue weighted by molar-refractivity contribution is -0.134. The van der Waals surface area contributed by atoms with Crippen molar-refractivity contribution in [1.82, 2.24) is 30.1 Å². The van der Waals surface area contributed by atoms with Crippen LogP contribution in [-0.4, -0.2) is 107 Å². The maximum Gasteiger partial charge on any atom is 0.300 e. The van der Waals surface area contributed by atoms with Crippen molar-refractivity contribution in [3.8, 4) is 6.19 Å². The molecule has 47 heavy (non-hydrogen) atoms. The Morgan fingerprint density at radius 1 is 1.04 bits per heavy atom. The van der Waals surface area contributed by atoms with Gasteiger partial charge in [-0.25, -0.2) is 9.98 Å². The van der Waals surface area contributed by atoms with Crippen LogP contribution < -0.4 is 15.5 Å². The first-order valence-electron chi connectivity index (χ1n) is 15.9. The van der Waals surface area contributed by atoms with E-state index in [4.69, 9.17) is 29.6 Å². The minimum absolute atomic E-state index is 0.0780. The molecule has 2 aromatic heterocycles. The summed E-state index contributed by atoms with van der Waals surface area (Å²) in [5, 5.41) is 25.5. The number of fused-ring (bicyclic) bond motifs is 2. The molecule has 2 aromatic carbocycles. The third-order valence-corrected chi connectivity index (χ3v) is 8.18. The number of carbonyl (C=O) groups is 1. The van der Waals surface area contributed by atoms with Gasteiger partial charge in [0.1, 0.15) is 5.82 Å². The van der Waals surface area contributed by atoms with Gasteiger partial charge in [0.2, 0.25) is 11.9 Å². The van der Waals surface area contributed by atoms with Crippen LogP contribution in [0.1, 0.15) is 20.8 Å². The minimum Gasteiger partial charge on any atom is -0.481 e. The normalized spacial score (nSPS) is 17.3. The molecule has 2 fully saturated rings. The van der Waals surface area contributed by atoms with E-state index in [1.165, 1.54) is 0 Å². The number of aliphatic imine (C=N–C) groups is 1. The number of para-hydroxylation sites is 1. The molecule has 246 valence electrons. The third-order valence-electron chi connectivity index (χ3n) is 8.18. The molecule has 2 aliphatic heterocycles. The summed E-state index contributed by atoms with van der Waals surface area (Å²) in [7, 11) is 0. The number of carboxylic acids is 1. The van der Waals surface area contributed by atoms with Crippen LogP contribution in [0.5, 0.6) is 0 Å². The van der Waals surface area contributed by atoms with Gasteiger partial charge in [-0.1, -0.05) is 32.0 Å². The molecule has 6 rings (SSSR count). The second-order valence-corrected chi connectivity index (χ2v) is 11.8. The molecule has 3 N–H and O–H groups in total. The van der Waals surface area contributed by atoms with Crippen molar-refractivity contribution in [2.45, 2.75) is 26.8 Å². The minimum atomic E-state index is -0.833. The monoisotopic (exact) mass is 638 g/mol. The molecule has 2 saturated heterocycles. The number of piperazine rings is 1. The Labute approximate surface area is 274 Å². The quantitative estimate of drug-likeness (QED) is 0.116. The van der Waals surface area contributed by atoms with Crippen LogP contribution in [0.25, 0.3) is 21.8 Å². The number of aromatic nitrogens is 3. The molecule has 0 radical (unpaired) electrons. The molecule has 0 amide bonds. The standard InChI is InChI=1S/C32H38N10O.C2H4O2/c1-23(2)29-21-41(15-16-42(29)31(36-22-33)37-27-11-5-10-26-24(27)8-6-12-34-26)32-38-28-9-4-3-7-25(28)30(39-32)35-13-14-40-17-19-43-20-18-40;1-2(3)4/h3-12,23,29H,13-21H2,1-2H3,(H,36,37)(H,35,38,39);1H3,(H,3,4). The highest BCUT2D eigenvalue weighted by Crippen LogP contribution is 2.28. The number of anilines is 2. The molecule has 13 nitrogen and oxygen atoms in total. The van der Waals surface area contributed by atoms with Gasteiger partial charge in [-0.15, -0.1) is 0 Å². The van der Waals surface area contributed by atoms with Gasteiger partial charge in [0.25, 0.3) is 5.97 Å². The smallest absolute Gasteiger partial charge is 0.300 e. The van der Waals surface area contributed by atoms with Crippen LogP contribution in [0, 0.1) is 17.4 Å². The summed E-state index contributed by atoms with van der Waals surface area (Å²) in [6, 6.07) is 18.0. The van der Waals surface area contributed by atoms with Gasteiger partial charge in [-0.05, 0) is 42.3 Å². The number of ether oxygens (including phenoxy) is 1. The van der Waals surface area contributed by atoms with Crippen LogP contribution in [0.4, 0.5) is 17.5 Å². The summed E-state index contributed by atoms with van der Waals surface area (Å²) < 4.78 is 5.49. The van der Waals surface area contributed by atoms with Crippen molar-refractivity contribution in [2.24, 2.45) is 10.9 Å². The van der Waals surface area contributed by atoms with Crippen molar-refractivity contribution in [3.05, 3.63) is 60.8 Å². The summed E-state index contributed by atoms with van der Waals surface area (Å²) >= 11 is 0. The second kappa shape index (κ2) is 16.0. The molecule has 0 aliphatic carbocycles. The van der Waals surface area contributed by atoms with Crippen molar-refractivity contribution >= 4 is 51.2 Å². The zero-order chi connectivity index (χ0) is 33.2. The fourth-order valence-corrected chi connectivity index (χ4v) is 5.84. The molecule has 13 heteroatoms. The first-order chi connectivity index (χ1) is 22.8. The van der Waals surface area contributed by atoms with Crippen LogP contribution in [-0.2, 0) is 9.53 Å². The van der Waals surface area contributed by atoms with Crippen LogP contribution in [0.15, 0.2) is 65.8 Å². The lowest BCUT2D eigenvalue weighted by atomic mass is 10.00. The molecule has 0 spiro atoms. The summed E-state index contributed by atoms with van der Waals surface area (Å²) in [4.78, 5) is 35.3. The molecular formula is C34H42N10O3. The van der Waals surface area contributed by atoms with Gasteiger partial charge in [0, 0.05) is 69.7 Å². The molecule has 4 aromatic rings. The molecule has 0 saturated carbocycles. The number of hydrogen-bond donors (Lipinski definition) is 3. The number of morpholine rings is 1. The predicted octanol–water partition coefficient (Wildman–Crippen LogP) is 3.92. The van der Waals surface area contributed by atoms with Gasteiger partial charge >= 0.3 is 0 Å². The number of aliphatic carboxylic acids is 1. The highest BCUT2D eigenvalue weighted by molar-refractivity contribution is 5.94. The molecule has 0 bridgehead atoms. The van der Waals surface area contributed by atoms with Gasteiger partial charge in [0.15, 0.2) is 6.19 Å². The lowest BCUT2D eigenvalue weighted by Crippen LogP contribution is -2.59. The van der Waals surface area contributed by atoms with E-state index in [2.05, 4.69) is 56.4 Å². The number of nitrogens with one attached hydrogen (secondary N) is 2. The molecular weight excluding hydrogens is 596 g/mol. The fourth-order valence-electron chi connectivity index (χ4n) is 5.84. The van der Waals surface area contributed by atoms with E-state index < -0.39 is 5.97 Å². The first kappa shape index (κ1) is 33.3. The molecule has 1 atom stereocenters. The van der Waals surface area contributed by atoms with Gasteiger partial charge < -0.3 is 25.0 Å². The Hall–Kier alpha value is -5.06. The van der Waals surface area contributed by atoms with Crippen LogP contribution >= 0.6 is 0 Å². The van der Waals surface area contributed by atoms with E-state index in [1.807, 2.05) is 48.5 Å². The van der Waals surface area contributed by atoms with Crippen molar-refractivity contribution in [1.29, 1.82) is 5.26 Å². The number of nitriles is 1. The number of nitrogens with zero attached hydrogens (tertiary/aromatic N) is 8. The van der Waals surface area contributed by atoms with Crippen molar-refractivity contribution < 1.29 is 14.6 Å². The number of carboxylic acid groups (broad SMARTS) is 1. The molecule has 2 aliphatic rings. The lowest BCUT2D eigenvalue weighted by Gasteiger charge is -2.44. The number of hydrogen-bond acceptors (Lipinski definition) is 10. The van der Waals surface area contributed by atoms with E-state index in [-0.39, 0.29) is 12.0 Å². The number of pyridine rings is 1. The van der Waals surface area contributed by atoms with E-state index in [0.717, 1.165) is 79.6 Å². The average Bonchev–Trinajstić information content (AvgIpc) is 3.08. The SMILES string of the molecule is CC(=O)O.CC(C)C1CN(c2nc(NCCN3CCOCC3)c3ccccc3n2)CCN1C(=Nc1cccc2ncccc12)NC#N. The second-order valence-electron chi connectivity index (χ2n) is 11.8. The zero-order valence-electron chi connectivity index (χ0n) is 27.1. The van der Waals surface area contributed by atoms with Gasteiger partial charge in [-0.3, -0.25) is 20.0 Å². The first-order valence-corrected chi connectivity index (χ1v) is 15.9. The highest BCUT2D eigenvalue weighted by Gasteiger charge is 2.33. The van der Waals surface area contributed by atoms with E-state index in [0.29, 0.717) is 31.5 Å². The molecule has 4 heterocycles. The van der Waals surface area contributed by atoms with E-state index in [1.54, 1.807) is 6.20 Å². The number of guanidine groups is 1. The van der Waals surface area contributed by atoms with E-state index >= 15 is 0 Å². The Balaban J connectivity index is 0.00000103. The summed E-state index contributed by atoms with van der Waals surface area (Å²) in [6.45, 7) is 12.8. The van der Waals surface area contributed by atoms with E-state index in [9.17, 15) is 5.26 Å². The van der Waals surface area contributed by atoms with Crippen molar-refractivity contribution in [2.75, 3.05) is 69.2 Å². The van der Waals surface area contributed by atoms with Crippen LogP contribution in [0.3, 0.4) is 0 Å². The van der Waals surface area contributed by atoms with Crippen molar-refractivity contribution in [3.63, 3.8) is 0 Å². The predicted molar refractivity (Wildman–Crippen MR) is 184 cm³/mol. The Morgan fingerprint density at radius 2 is 1.79 bits per heavy atom. The molecule has 1 unspecified atom stereocenters. The Bertz CT molecular complexity index is 1730. The summed E-state index contributed by atoms with van der Waals surface area (Å²) in [5.41, 5.74) is 2.56. The summed E-state index contributed by atoms with van der Waals surface area (Å²) in [5.74, 6) is 1.57. The Kier molecular flexibility index (Phi) is 11.3. The third kappa shape index (κ3) is 8.60. The van der Waals surface area contributed by atoms with Gasteiger partial charge in [-0.2, -0.15) is 10.2 Å². The number of rotatable bonds is 7. The topological polar surface area (TPSA) is 155 Å². The maximum absolute atomic E-state index is 9.67. The maximum atomic E-state index is 9.67. The average molecular weight is 639 g/mol.